The molecule has 1 heterocycles. The molecule has 0 bridgehead atoms. The second-order valence-electron chi connectivity index (χ2n) is 8.46. The number of H-pyrrole nitrogens is 1. The maximum atomic E-state index is 15.1. The Morgan fingerprint density at radius 3 is 2.41 bits per heavy atom. The highest BCUT2D eigenvalue weighted by Crippen LogP contribution is 2.46. The molecule has 0 unspecified atom stereocenters. The van der Waals surface area contributed by atoms with Crippen LogP contribution in [0.2, 0.25) is 0 Å². The first-order valence-corrected chi connectivity index (χ1v) is 11.2. The van der Waals surface area contributed by atoms with Crippen molar-refractivity contribution < 1.29 is 18.7 Å². The van der Waals surface area contributed by atoms with E-state index in [2.05, 4.69) is 10.2 Å². The zero-order valence-corrected chi connectivity index (χ0v) is 18.3. The standard InChI is InChI=1S/C28H22F2N2O2/c29-23-7-2-1-6-21(23)27(18-4-3-5-18)26(19-11-8-17(9-12-19)10-15-25(33)34)20-13-14-24-22(16-20)28(30)32-31-24/h1-2,6-16,18H,3-5H2,(H,31,32)(H,33,34)/b15-10+,27-26+. The molecule has 1 aliphatic rings. The number of carbonyl (C=O) groups is 1. The van der Waals surface area contributed by atoms with Crippen LogP contribution in [0.1, 0.15) is 41.5 Å². The molecular formula is C28H22F2N2O2. The van der Waals surface area contributed by atoms with Crippen LogP contribution >= 0.6 is 0 Å². The SMILES string of the molecule is O=C(O)/C=C/c1ccc(/C(=C(\c2ccccc2F)C2CCC2)c2ccc3[nH]nc(F)c3c2)cc1. The van der Waals surface area contributed by atoms with Crippen LogP contribution < -0.4 is 0 Å². The molecule has 0 radical (unpaired) electrons. The van der Waals surface area contributed by atoms with Gasteiger partial charge < -0.3 is 5.11 Å². The van der Waals surface area contributed by atoms with E-state index in [4.69, 9.17) is 5.11 Å². The molecule has 1 saturated carbocycles. The average molecular weight is 456 g/mol. The minimum atomic E-state index is -1.02. The molecule has 5 rings (SSSR count). The summed E-state index contributed by atoms with van der Waals surface area (Å²) in [6.07, 6.45) is 5.58. The predicted octanol–water partition coefficient (Wildman–Crippen LogP) is 6.70. The van der Waals surface area contributed by atoms with Crippen LogP contribution in [0.15, 0.2) is 72.8 Å². The number of rotatable bonds is 6. The number of carboxylic acid groups (broad SMARTS) is 1. The quantitative estimate of drug-likeness (QED) is 0.251. The molecule has 3 aromatic carbocycles. The van der Waals surface area contributed by atoms with Crippen molar-refractivity contribution in [2.45, 2.75) is 19.3 Å². The fourth-order valence-electron chi connectivity index (χ4n) is 4.48. The Morgan fingerprint density at radius 1 is 1.00 bits per heavy atom. The summed E-state index contributed by atoms with van der Waals surface area (Å²) in [6.45, 7) is 0. The van der Waals surface area contributed by atoms with Gasteiger partial charge in [0, 0.05) is 11.6 Å². The highest BCUT2D eigenvalue weighted by Gasteiger charge is 2.29. The van der Waals surface area contributed by atoms with Gasteiger partial charge in [0.15, 0.2) is 0 Å². The zero-order valence-electron chi connectivity index (χ0n) is 18.3. The third-order valence-electron chi connectivity index (χ3n) is 6.37. The summed E-state index contributed by atoms with van der Waals surface area (Å²) in [5.41, 5.74) is 5.23. The van der Waals surface area contributed by atoms with E-state index in [0.717, 1.165) is 53.2 Å². The topological polar surface area (TPSA) is 66.0 Å². The predicted molar refractivity (Wildman–Crippen MR) is 129 cm³/mol. The minimum Gasteiger partial charge on any atom is -0.478 e. The molecule has 6 heteroatoms. The number of allylic oxidation sites excluding steroid dienone is 1. The number of halogens is 2. The maximum absolute atomic E-state index is 15.1. The first-order chi connectivity index (χ1) is 16.5. The van der Waals surface area contributed by atoms with Crippen LogP contribution in [0, 0.1) is 17.7 Å². The summed E-state index contributed by atoms with van der Waals surface area (Å²) in [5.74, 6) is -1.71. The van der Waals surface area contributed by atoms with E-state index in [9.17, 15) is 9.18 Å². The van der Waals surface area contributed by atoms with Crippen LogP contribution in [-0.4, -0.2) is 21.3 Å². The molecular weight excluding hydrogens is 434 g/mol. The molecule has 170 valence electrons. The molecule has 1 aromatic heterocycles. The van der Waals surface area contributed by atoms with Crippen LogP contribution in [0.25, 0.3) is 28.1 Å². The van der Waals surface area contributed by atoms with Gasteiger partial charge in [0.2, 0.25) is 5.95 Å². The molecule has 0 spiro atoms. The number of aromatic amines is 1. The Morgan fingerprint density at radius 2 is 1.74 bits per heavy atom. The van der Waals surface area contributed by atoms with Crippen molar-refractivity contribution in [1.29, 1.82) is 0 Å². The van der Waals surface area contributed by atoms with Gasteiger partial charge in [0.25, 0.3) is 0 Å². The lowest BCUT2D eigenvalue weighted by Gasteiger charge is -2.32. The van der Waals surface area contributed by atoms with Gasteiger partial charge in [-0.15, -0.1) is 5.10 Å². The van der Waals surface area contributed by atoms with E-state index in [1.807, 2.05) is 36.4 Å². The highest BCUT2D eigenvalue weighted by molar-refractivity contribution is 6.01. The number of aliphatic carboxylic acids is 1. The van der Waals surface area contributed by atoms with E-state index < -0.39 is 11.9 Å². The second kappa shape index (κ2) is 9.06. The monoisotopic (exact) mass is 456 g/mol. The van der Waals surface area contributed by atoms with Crippen LogP contribution in [0.3, 0.4) is 0 Å². The number of benzene rings is 3. The molecule has 34 heavy (non-hydrogen) atoms. The molecule has 0 amide bonds. The van der Waals surface area contributed by atoms with Crippen molar-refractivity contribution in [3.63, 3.8) is 0 Å². The van der Waals surface area contributed by atoms with Gasteiger partial charge >= 0.3 is 5.97 Å². The Bertz CT molecular complexity index is 1430. The lowest BCUT2D eigenvalue weighted by molar-refractivity contribution is -0.131. The Hall–Kier alpha value is -4.06. The molecule has 1 aliphatic carbocycles. The van der Waals surface area contributed by atoms with Gasteiger partial charge in [-0.2, -0.15) is 4.39 Å². The molecule has 4 nitrogen and oxygen atoms in total. The number of fused-ring (bicyclic) bond motifs is 1. The first kappa shape index (κ1) is 21.8. The zero-order chi connectivity index (χ0) is 23.7. The normalized spacial score (nSPS) is 14.9. The third-order valence-corrected chi connectivity index (χ3v) is 6.37. The van der Waals surface area contributed by atoms with Crippen molar-refractivity contribution >= 4 is 34.1 Å². The minimum absolute atomic E-state index is 0.184. The van der Waals surface area contributed by atoms with Crippen molar-refractivity contribution in [1.82, 2.24) is 10.2 Å². The van der Waals surface area contributed by atoms with Gasteiger partial charge in [0.1, 0.15) is 5.82 Å². The van der Waals surface area contributed by atoms with Gasteiger partial charge in [0.05, 0.1) is 10.9 Å². The van der Waals surface area contributed by atoms with Crippen LogP contribution in [-0.2, 0) is 4.79 Å². The van der Waals surface area contributed by atoms with Gasteiger partial charge in [-0.25, -0.2) is 9.18 Å². The number of carboxylic acids is 1. The Kier molecular flexibility index (Phi) is 5.80. The molecule has 4 aromatic rings. The number of nitrogens with zero attached hydrogens (tertiary/aromatic N) is 1. The van der Waals surface area contributed by atoms with Gasteiger partial charge in [-0.1, -0.05) is 55.0 Å². The van der Waals surface area contributed by atoms with E-state index >= 15 is 4.39 Å². The summed E-state index contributed by atoms with van der Waals surface area (Å²) in [4.78, 5) is 10.9. The molecule has 1 fully saturated rings. The molecule has 0 saturated heterocycles. The summed E-state index contributed by atoms with van der Waals surface area (Å²) >= 11 is 0. The molecule has 2 N–H and O–H groups in total. The van der Waals surface area contributed by atoms with Gasteiger partial charge in [-0.3, -0.25) is 5.10 Å². The summed E-state index contributed by atoms with van der Waals surface area (Å²) < 4.78 is 29.4. The fraction of sp³-hybridized carbons (Fsp3) is 0.143. The summed E-state index contributed by atoms with van der Waals surface area (Å²) in [7, 11) is 0. The molecule has 0 atom stereocenters. The van der Waals surface area contributed by atoms with E-state index in [1.54, 1.807) is 24.3 Å². The number of nitrogens with one attached hydrogen (secondary N) is 1. The summed E-state index contributed by atoms with van der Waals surface area (Å²) in [5, 5.41) is 15.6. The van der Waals surface area contributed by atoms with Gasteiger partial charge in [-0.05, 0) is 70.9 Å². The lowest BCUT2D eigenvalue weighted by atomic mass is 9.73. The number of hydrogen-bond acceptors (Lipinski definition) is 2. The van der Waals surface area contributed by atoms with Crippen molar-refractivity contribution in [3.05, 3.63) is 107 Å². The van der Waals surface area contributed by atoms with Crippen LogP contribution in [0.4, 0.5) is 8.78 Å². The fourth-order valence-corrected chi connectivity index (χ4v) is 4.48. The van der Waals surface area contributed by atoms with Crippen molar-refractivity contribution in [2.24, 2.45) is 5.92 Å². The van der Waals surface area contributed by atoms with E-state index in [1.165, 1.54) is 12.1 Å². The second-order valence-corrected chi connectivity index (χ2v) is 8.46. The first-order valence-electron chi connectivity index (χ1n) is 11.2. The maximum Gasteiger partial charge on any atom is 0.328 e. The lowest BCUT2D eigenvalue weighted by Crippen LogP contribution is -2.16. The Labute approximate surface area is 195 Å². The highest BCUT2D eigenvalue weighted by atomic mass is 19.1. The van der Waals surface area contributed by atoms with Crippen molar-refractivity contribution in [2.75, 3.05) is 0 Å². The number of hydrogen-bond donors (Lipinski definition) is 2. The average Bonchev–Trinajstić information content (AvgIpc) is 3.17. The Balaban J connectivity index is 1.76. The van der Waals surface area contributed by atoms with E-state index in [0.29, 0.717) is 16.5 Å². The largest absolute Gasteiger partial charge is 0.478 e. The van der Waals surface area contributed by atoms with E-state index in [-0.39, 0.29) is 11.7 Å². The third kappa shape index (κ3) is 4.15. The van der Waals surface area contributed by atoms with Crippen LogP contribution in [0.5, 0.6) is 0 Å². The van der Waals surface area contributed by atoms with Crippen molar-refractivity contribution in [3.8, 4) is 0 Å². The molecule has 0 aliphatic heterocycles. The summed E-state index contributed by atoms with van der Waals surface area (Å²) in [6, 6.07) is 19.6. The smallest absolute Gasteiger partial charge is 0.328 e. The number of aromatic nitrogens is 2.